The predicted molar refractivity (Wildman–Crippen MR) is 111 cm³/mol. The van der Waals surface area contributed by atoms with Crippen LogP contribution in [-0.4, -0.2) is 46.8 Å². The maximum atomic E-state index is 13.0. The smallest absolute Gasteiger partial charge is 0.264 e. The maximum absolute atomic E-state index is 13.0. The number of benzene rings is 1. The molecule has 1 aliphatic heterocycles. The minimum atomic E-state index is 0.164. The molecule has 4 rings (SSSR count). The Morgan fingerprint density at radius 3 is 2.70 bits per heavy atom. The van der Waals surface area contributed by atoms with Crippen LogP contribution in [0.2, 0.25) is 0 Å². The first-order valence-electron chi connectivity index (χ1n) is 9.72. The van der Waals surface area contributed by atoms with Gasteiger partial charge < -0.3 is 10.2 Å². The highest BCUT2D eigenvalue weighted by atomic mass is 32.1. The lowest BCUT2D eigenvalue weighted by atomic mass is 9.96. The number of nitrogens with one attached hydrogen (secondary N) is 1. The molecule has 142 valence electrons. The summed E-state index contributed by atoms with van der Waals surface area (Å²) in [6, 6.07) is 12.1. The molecule has 2 aromatic heterocycles. The van der Waals surface area contributed by atoms with Gasteiger partial charge >= 0.3 is 0 Å². The zero-order chi connectivity index (χ0) is 18.8. The number of hydrogen-bond acceptors (Lipinski definition) is 4. The van der Waals surface area contributed by atoms with Gasteiger partial charge in [-0.15, -0.1) is 11.3 Å². The predicted octanol–water partition coefficient (Wildman–Crippen LogP) is 3.86. The number of piperidine rings is 1. The summed E-state index contributed by atoms with van der Waals surface area (Å²) in [4.78, 5) is 16.9. The first kappa shape index (κ1) is 18.2. The van der Waals surface area contributed by atoms with Gasteiger partial charge in [-0.25, -0.2) is 4.68 Å². The van der Waals surface area contributed by atoms with Crippen LogP contribution in [0.3, 0.4) is 0 Å². The summed E-state index contributed by atoms with van der Waals surface area (Å²) in [5.41, 5.74) is 1.99. The number of rotatable bonds is 5. The van der Waals surface area contributed by atoms with E-state index in [1.165, 1.54) is 0 Å². The summed E-state index contributed by atoms with van der Waals surface area (Å²) in [7, 11) is 0. The molecule has 27 heavy (non-hydrogen) atoms. The Morgan fingerprint density at radius 2 is 2.00 bits per heavy atom. The Balaban J connectivity index is 1.54. The zero-order valence-corrected chi connectivity index (χ0v) is 16.8. The quantitative estimate of drug-likeness (QED) is 0.729. The summed E-state index contributed by atoms with van der Waals surface area (Å²) in [6.07, 6.45) is 2.17. The third-order valence-corrected chi connectivity index (χ3v) is 6.44. The topological polar surface area (TPSA) is 50.2 Å². The van der Waals surface area contributed by atoms with Gasteiger partial charge in [-0.3, -0.25) is 4.79 Å². The Morgan fingerprint density at radius 1 is 1.26 bits per heavy atom. The number of aromatic nitrogens is 2. The van der Waals surface area contributed by atoms with E-state index < -0.39 is 0 Å². The highest BCUT2D eigenvalue weighted by molar-refractivity contribution is 7.20. The molecule has 1 fully saturated rings. The van der Waals surface area contributed by atoms with Crippen LogP contribution in [-0.2, 0) is 0 Å². The average molecular weight is 383 g/mol. The Hall–Kier alpha value is -2.18. The fraction of sp³-hybridized carbons (Fsp3) is 0.429. The normalized spacial score (nSPS) is 15.6. The number of para-hydroxylation sites is 1. The monoisotopic (exact) mass is 382 g/mol. The second-order valence-corrected chi connectivity index (χ2v) is 8.24. The lowest BCUT2D eigenvalue weighted by Gasteiger charge is -2.31. The van der Waals surface area contributed by atoms with Crippen LogP contribution in [0.15, 0.2) is 36.4 Å². The van der Waals surface area contributed by atoms with Crippen LogP contribution in [0, 0.1) is 12.8 Å². The molecule has 0 bridgehead atoms. The van der Waals surface area contributed by atoms with Crippen molar-refractivity contribution in [3.63, 3.8) is 0 Å². The first-order chi connectivity index (χ1) is 13.2. The van der Waals surface area contributed by atoms with E-state index in [1.807, 2.05) is 52.9 Å². The van der Waals surface area contributed by atoms with E-state index in [0.717, 1.165) is 65.5 Å². The number of thiophene rings is 1. The number of carbonyl (C=O) groups excluding carboxylic acids is 1. The number of hydrogen-bond donors (Lipinski definition) is 1. The van der Waals surface area contributed by atoms with Gasteiger partial charge in [-0.2, -0.15) is 5.10 Å². The van der Waals surface area contributed by atoms with Crippen LogP contribution in [0.1, 0.15) is 35.1 Å². The fourth-order valence-electron chi connectivity index (χ4n) is 3.74. The second-order valence-electron chi connectivity index (χ2n) is 7.21. The molecule has 1 amide bonds. The lowest BCUT2D eigenvalue weighted by molar-refractivity contribution is 0.0695. The van der Waals surface area contributed by atoms with E-state index in [0.29, 0.717) is 5.92 Å². The molecule has 0 spiro atoms. The highest BCUT2D eigenvalue weighted by Crippen LogP contribution is 2.31. The maximum Gasteiger partial charge on any atom is 0.264 e. The van der Waals surface area contributed by atoms with E-state index in [4.69, 9.17) is 0 Å². The summed E-state index contributed by atoms with van der Waals surface area (Å²) < 4.78 is 1.95. The standard InChI is InChI=1S/C21H26N4OS/c1-3-22-14-16-9-11-24(12-10-16)20(26)19-13-18-15(2)23-25(21(18)27-19)17-7-5-4-6-8-17/h4-8,13,16,22H,3,9-12,14H2,1-2H3. The van der Waals surface area contributed by atoms with Gasteiger partial charge in [0, 0.05) is 18.5 Å². The van der Waals surface area contributed by atoms with Crippen molar-refractivity contribution in [1.29, 1.82) is 0 Å². The second kappa shape index (κ2) is 7.82. The average Bonchev–Trinajstić information content (AvgIpc) is 3.27. The van der Waals surface area contributed by atoms with Crippen molar-refractivity contribution >= 4 is 27.5 Å². The van der Waals surface area contributed by atoms with Crippen LogP contribution in [0.4, 0.5) is 0 Å². The highest BCUT2D eigenvalue weighted by Gasteiger charge is 2.25. The fourth-order valence-corrected chi connectivity index (χ4v) is 4.89. The molecule has 6 heteroatoms. The van der Waals surface area contributed by atoms with E-state index in [1.54, 1.807) is 11.3 Å². The van der Waals surface area contributed by atoms with Crippen molar-refractivity contribution in [2.24, 2.45) is 5.92 Å². The van der Waals surface area contributed by atoms with Crippen LogP contribution in [0.5, 0.6) is 0 Å². The Bertz CT molecular complexity index is 922. The number of likely N-dealkylation sites (tertiary alicyclic amines) is 1. The minimum Gasteiger partial charge on any atom is -0.338 e. The number of fused-ring (bicyclic) bond motifs is 1. The minimum absolute atomic E-state index is 0.164. The van der Waals surface area contributed by atoms with Gasteiger partial charge in [0.25, 0.3) is 5.91 Å². The van der Waals surface area contributed by atoms with Gasteiger partial charge in [-0.05, 0) is 57.0 Å². The molecule has 0 unspecified atom stereocenters. The SMILES string of the molecule is CCNCC1CCN(C(=O)c2cc3c(C)nn(-c4ccccc4)c3s2)CC1. The third-order valence-electron chi connectivity index (χ3n) is 5.34. The largest absolute Gasteiger partial charge is 0.338 e. The van der Waals surface area contributed by atoms with Crippen LogP contribution < -0.4 is 5.32 Å². The molecular weight excluding hydrogens is 356 g/mol. The molecule has 1 N–H and O–H groups in total. The molecule has 0 saturated carbocycles. The van der Waals surface area contributed by atoms with Crippen molar-refractivity contribution < 1.29 is 4.79 Å². The van der Waals surface area contributed by atoms with Gasteiger partial charge in [0.05, 0.1) is 16.3 Å². The summed E-state index contributed by atoms with van der Waals surface area (Å²) >= 11 is 1.55. The van der Waals surface area contributed by atoms with Crippen molar-refractivity contribution in [2.75, 3.05) is 26.2 Å². The first-order valence-corrected chi connectivity index (χ1v) is 10.5. The number of nitrogens with zero attached hydrogens (tertiary/aromatic N) is 3. The molecule has 0 atom stereocenters. The van der Waals surface area contributed by atoms with Gasteiger partial charge in [0.2, 0.25) is 0 Å². The van der Waals surface area contributed by atoms with Crippen molar-refractivity contribution in [1.82, 2.24) is 20.0 Å². The Labute approximate surface area is 164 Å². The molecule has 0 radical (unpaired) electrons. The van der Waals surface area contributed by atoms with Gasteiger partial charge in [0.1, 0.15) is 4.83 Å². The van der Waals surface area contributed by atoms with Crippen LogP contribution >= 0.6 is 11.3 Å². The Kier molecular flexibility index (Phi) is 5.27. The molecule has 5 nitrogen and oxygen atoms in total. The van der Waals surface area contributed by atoms with E-state index >= 15 is 0 Å². The van der Waals surface area contributed by atoms with E-state index in [9.17, 15) is 4.79 Å². The molecule has 3 aromatic rings. The molecule has 1 saturated heterocycles. The summed E-state index contributed by atoms with van der Waals surface area (Å²) in [5, 5.41) is 9.17. The third kappa shape index (κ3) is 3.64. The van der Waals surface area contributed by atoms with Gasteiger partial charge in [0.15, 0.2) is 0 Å². The molecule has 1 aromatic carbocycles. The van der Waals surface area contributed by atoms with Crippen molar-refractivity contribution in [3.8, 4) is 5.69 Å². The van der Waals surface area contributed by atoms with Crippen molar-refractivity contribution in [3.05, 3.63) is 47.0 Å². The molecule has 1 aliphatic rings. The van der Waals surface area contributed by atoms with Crippen LogP contribution in [0.25, 0.3) is 15.9 Å². The van der Waals surface area contributed by atoms with Crippen molar-refractivity contribution in [2.45, 2.75) is 26.7 Å². The number of aryl methyl sites for hydroxylation is 1. The van der Waals surface area contributed by atoms with Gasteiger partial charge in [-0.1, -0.05) is 25.1 Å². The molecular formula is C21H26N4OS. The molecule has 0 aliphatic carbocycles. The summed E-state index contributed by atoms with van der Waals surface area (Å²) in [5.74, 6) is 0.849. The summed E-state index contributed by atoms with van der Waals surface area (Å²) in [6.45, 7) is 7.93. The number of amides is 1. The van der Waals surface area contributed by atoms with E-state index in [-0.39, 0.29) is 5.91 Å². The molecule has 3 heterocycles. The lowest BCUT2D eigenvalue weighted by Crippen LogP contribution is -2.40. The zero-order valence-electron chi connectivity index (χ0n) is 15.9. The number of carbonyl (C=O) groups is 1. The van der Waals surface area contributed by atoms with E-state index in [2.05, 4.69) is 17.3 Å².